The molecular formula is C21H28ClN3OS. The third-order valence-corrected chi connectivity index (χ3v) is 6.33. The summed E-state index contributed by atoms with van der Waals surface area (Å²) in [4.78, 5) is 4.41. The van der Waals surface area contributed by atoms with Crippen molar-refractivity contribution in [1.29, 1.82) is 0 Å². The average molecular weight is 406 g/mol. The van der Waals surface area contributed by atoms with Crippen LogP contribution < -0.4 is 10.6 Å². The van der Waals surface area contributed by atoms with Gasteiger partial charge in [0.15, 0.2) is 5.96 Å². The van der Waals surface area contributed by atoms with Gasteiger partial charge in [-0.15, -0.1) is 0 Å². The van der Waals surface area contributed by atoms with Crippen molar-refractivity contribution in [3.8, 4) is 0 Å². The number of rotatable bonds is 6. The van der Waals surface area contributed by atoms with E-state index in [0.29, 0.717) is 5.92 Å². The van der Waals surface area contributed by atoms with E-state index in [9.17, 15) is 0 Å². The molecule has 0 saturated carbocycles. The maximum absolute atomic E-state index is 6.26. The van der Waals surface area contributed by atoms with Crippen LogP contribution in [0.15, 0.2) is 46.1 Å². The summed E-state index contributed by atoms with van der Waals surface area (Å²) in [6.07, 6.45) is 1.95. The number of hydrogen-bond acceptors (Lipinski definition) is 3. The molecule has 2 aromatic rings. The first-order valence-electron chi connectivity index (χ1n) is 9.43. The van der Waals surface area contributed by atoms with Crippen LogP contribution in [0.3, 0.4) is 0 Å². The number of benzene rings is 1. The van der Waals surface area contributed by atoms with E-state index in [1.807, 2.05) is 19.2 Å². The lowest BCUT2D eigenvalue weighted by atomic mass is 9.74. The number of ether oxygens (including phenoxy) is 1. The van der Waals surface area contributed by atoms with E-state index in [1.54, 1.807) is 11.3 Å². The Balaban J connectivity index is 1.63. The lowest BCUT2D eigenvalue weighted by Crippen LogP contribution is -2.48. The Morgan fingerprint density at radius 1 is 1.30 bits per heavy atom. The average Bonchev–Trinajstić information content (AvgIpc) is 3.23. The predicted octanol–water partition coefficient (Wildman–Crippen LogP) is 4.42. The third-order valence-electron chi connectivity index (χ3n) is 5.39. The Morgan fingerprint density at radius 2 is 2.11 bits per heavy atom. The molecule has 146 valence electrons. The molecule has 1 fully saturated rings. The van der Waals surface area contributed by atoms with Crippen molar-refractivity contribution in [1.82, 2.24) is 10.6 Å². The van der Waals surface area contributed by atoms with E-state index in [0.717, 1.165) is 50.1 Å². The standard InChI is InChI=1S/C21H28ClN3OS/c1-16(17-6-11-27-14-17)13-24-20(23-2)25-15-21(7-9-26-10-8-21)18-4-3-5-19(22)12-18/h3-6,11-12,14,16H,7-10,13,15H2,1-2H3,(H2,23,24,25). The quantitative estimate of drug-likeness (QED) is 0.552. The minimum absolute atomic E-state index is 0.0136. The van der Waals surface area contributed by atoms with Crippen molar-refractivity contribution in [2.24, 2.45) is 4.99 Å². The molecule has 1 aromatic carbocycles. The number of nitrogens with zero attached hydrogens (tertiary/aromatic N) is 1. The molecule has 0 bridgehead atoms. The smallest absolute Gasteiger partial charge is 0.191 e. The van der Waals surface area contributed by atoms with Gasteiger partial charge in [0.2, 0.25) is 0 Å². The van der Waals surface area contributed by atoms with Crippen LogP contribution in [-0.2, 0) is 10.2 Å². The van der Waals surface area contributed by atoms with Crippen molar-refractivity contribution in [2.75, 3.05) is 33.4 Å². The Morgan fingerprint density at radius 3 is 2.78 bits per heavy atom. The lowest BCUT2D eigenvalue weighted by Gasteiger charge is -2.38. The van der Waals surface area contributed by atoms with Gasteiger partial charge < -0.3 is 15.4 Å². The Hall–Kier alpha value is -1.56. The number of guanidine groups is 1. The summed E-state index contributed by atoms with van der Waals surface area (Å²) in [5.41, 5.74) is 2.65. The number of nitrogens with one attached hydrogen (secondary N) is 2. The minimum Gasteiger partial charge on any atom is -0.381 e. The van der Waals surface area contributed by atoms with Crippen molar-refractivity contribution in [2.45, 2.75) is 31.1 Å². The van der Waals surface area contributed by atoms with Crippen molar-refractivity contribution in [3.05, 3.63) is 57.2 Å². The highest BCUT2D eigenvalue weighted by Gasteiger charge is 2.34. The summed E-state index contributed by atoms with van der Waals surface area (Å²) in [6.45, 7) is 5.44. The number of hydrogen-bond donors (Lipinski definition) is 2. The van der Waals surface area contributed by atoms with E-state index in [1.165, 1.54) is 11.1 Å². The summed E-state index contributed by atoms with van der Waals surface area (Å²) in [5.74, 6) is 1.28. The summed E-state index contributed by atoms with van der Waals surface area (Å²) >= 11 is 8.00. The molecule has 0 amide bonds. The number of aliphatic imine (C=N–C) groups is 1. The normalized spacial score (nSPS) is 18.1. The first-order valence-corrected chi connectivity index (χ1v) is 10.8. The van der Waals surface area contributed by atoms with Crippen LogP contribution in [0, 0.1) is 0 Å². The molecule has 0 aliphatic carbocycles. The Kier molecular flexibility index (Phi) is 7.16. The van der Waals surface area contributed by atoms with E-state index in [-0.39, 0.29) is 5.41 Å². The zero-order valence-electron chi connectivity index (χ0n) is 16.0. The van der Waals surface area contributed by atoms with E-state index < -0.39 is 0 Å². The molecule has 1 aromatic heterocycles. The Labute approximate surface area is 171 Å². The second kappa shape index (κ2) is 9.58. The molecule has 27 heavy (non-hydrogen) atoms. The second-order valence-corrected chi connectivity index (χ2v) is 8.38. The van der Waals surface area contributed by atoms with E-state index >= 15 is 0 Å². The van der Waals surface area contributed by atoms with Gasteiger partial charge in [-0.25, -0.2) is 0 Å². The molecule has 1 saturated heterocycles. The van der Waals surface area contributed by atoms with Gasteiger partial charge in [-0.3, -0.25) is 4.99 Å². The first-order chi connectivity index (χ1) is 13.1. The van der Waals surface area contributed by atoms with Gasteiger partial charge in [0, 0.05) is 43.8 Å². The molecule has 2 N–H and O–H groups in total. The Bertz CT molecular complexity index is 742. The predicted molar refractivity (Wildman–Crippen MR) is 115 cm³/mol. The van der Waals surface area contributed by atoms with Crippen LogP contribution >= 0.6 is 22.9 Å². The summed E-state index contributed by atoms with van der Waals surface area (Å²) in [6, 6.07) is 10.4. The topological polar surface area (TPSA) is 45.7 Å². The van der Waals surface area contributed by atoms with Gasteiger partial charge in [0.1, 0.15) is 0 Å². The van der Waals surface area contributed by atoms with Gasteiger partial charge in [0.05, 0.1) is 0 Å². The lowest BCUT2D eigenvalue weighted by molar-refractivity contribution is 0.0514. The molecule has 1 aliphatic heterocycles. The molecule has 2 heterocycles. The maximum atomic E-state index is 6.26. The van der Waals surface area contributed by atoms with Crippen LogP contribution in [0.1, 0.15) is 36.8 Å². The number of halogens is 1. The molecular weight excluding hydrogens is 378 g/mol. The largest absolute Gasteiger partial charge is 0.381 e. The van der Waals surface area contributed by atoms with Gasteiger partial charge in [-0.2, -0.15) is 11.3 Å². The molecule has 0 spiro atoms. The first kappa shape index (κ1) is 20.2. The summed E-state index contributed by atoms with van der Waals surface area (Å²) in [5, 5.41) is 12.1. The van der Waals surface area contributed by atoms with Crippen LogP contribution in [0.25, 0.3) is 0 Å². The fraction of sp³-hybridized carbons (Fsp3) is 0.476. The third kappa shape index (κ3) is 5.24. The summed E-state index contributed by atoms with van der Waals surface area (Å²) in [7, 11) is 1.82. The van der Waals surface area contributed by atoms with Crippen LogP contribution in [0.4, 0.5) is 0 Å². The fourth-order valence-corrected chi connectivity index (χ4v) is 4.52. The highest BCUT2D eigenvalue weighted by Crippen LogP contribution is 2.35. The molecule has 0 radical (unpaired) electrons. The zero-order valence-corrected chi connectivity index (χ0v) is 17.6. The van der Waals surface area contributed by atoms with Crippen molar-refractivity contribution < 1.29 is 4.74 Å². The van der Waals surface area contributed by atoms with Gasteiger partial charge in [-0.1, -0.05) is 30.7 Å². The SMILES string of the molecule is CN=C(NCC(C)c1ccsc1)NCC1(c2cccc(Cl)c2)CCOCC1. The minimum atomic E-state index is 0.0136. The van der Waals surface area contributed by atoms with Crippen molar-refractivity contribution >= 4 is 28.9 Å². The van der Waals surface area contributed by atoms with Crippen LogP contribution in [0.5, 0.6) is 0 Å². The molecule has 4 nitrogen and oxygen atoms in total. The molecule has 1 unspecified atom stereocenters. The highest BCUT2D eigenvalue weighted by atomic mass is 35.5. The molecule has 1 atom stereocenters. The van der Waals surface area contributed by atoms with Crippen LogP contribution in [0.2, 0.25) is 5.02 Å². The monoisotopic (exact) mass is 405 g/mol. The van der Waals surface area contributed by atoms with Crippen LogP contribution in [-0.4, -0.2) is 39.3 Å². The maximum Gasteiger partial charge on any atom is 0.191 e. The zero-order chi connectivity index (χ0) is 19.1. The molecule has 3 rings (SSSR count). The molecule has 1 aliphatic rings. The van der Waals surface area contributed by atoms with Crippen molar-refractivity contribution in [3.63, 3.8) is 0 Å². The fourth-order valence-electron chi connectivity index (χ4n) is 3.54. The second-order valence-electron chi connectivity index (χ2n) is 7.17. The van der Waals surface area contributed by atoms with Gasteiger partial charge in [0.25, 0.3) is 0 Å². The number of thiophene rings is 1. The van der Waals surface area contributed by atoms with E-state index in [2.05, 4.69) is 51.5 Å². The summed E-state index contributed by atoms with van der Waals surface area (Å²) < 4.78 is 5.62. The van der Waals surface area contributed by atoms with E-state index in [4.69, 9.17) is 16.3 Å². The van der Waals surface area contributed by atoms with Gasteiger partial charge >= 0.3 is 0 Å². The molecule has 6 heteroatoms. The highest BCUT2D eigenvalue weighted by molar-refractivity contribution is 7.07. The van der Waals surface area contributed by atoms with Gasteiger partial charge in [-0.05, 0) is 58.8 Å².